The van der Waals surface area contributed by atoms with E-state index < -0.39 is 0 Å². The molecule has 3 aromatic rings. The Hall–Kier alpha value is -2.34. The summed E-state index contributed by atoms with van der Waals surface area (Å²) >= 11 is 0. The summed E-state index contributed by atoms with van der Waals surface area (Å²) in [5, 5.41) is 0. The van der Waals surface area contributed by atoms with E-state index in [-0.39, 0.29) is 0 Å². The van der Waals surface area contributed by atoms with E-state index in [1.54, 1.807) is 0 Å². The second-order valence-electron chi connectivity index (χ2n) is 7.41. The van der Waals surface area contributed by atoms with Crippen molar-refractivity contribution in [3.63, 3.8) is 0 Å². The molecule has 1 unspecified atom stereocenters. The Morgan fingerprint density at radius 1 is 0.800 bits per heavy atom. The molecule has 1 aliphatic carbocycles. The fraction of sp³-hybridized carbons (Fsp3) is 0.280. The van der Waals surface area contributed by atoms with Gasteiger partial charge in [-0.05, 0) is 65.5 Å². The topological polar surface area (TPSA) is 0 Å². The first kappa shape index (κ1) is 16.1. The predicted molar refractivity (Wildman–Crippen MR) is 107 cm³/mol. The van der Waals surface area contributed by atoms with Crippen LogP contribution in [-0.4, -0.2) is 0 Å². The van der Waals surface area contributed by atoms with Gasteiger partial charge in [-0.3, -0.25) is 0 Å². The van der Waals surface area contributed by atoms with Gasteiger partial charge >= 0.3 is 0 Å². The third-order valence-corrected chi connectivity index (χ3v) is 5.50. The van der Waals surface area contributed by atoms with Crippen molar-refractivity contribution in [3.8, 4) is 11.1 Å². The van der Waals surface area contributed by atoms with Gasteiger partial charge in [0, 0.05) is 0 Å². The Morgan fingerprint density at radius 3 is 2.32 bits per heavy atom. The molecule has 0 heteroatoms. The van der Waals surface area contributed by atoms with Gasteiger partial charge in [-0.1, -0.05) is 85.6 Å². The van der Waals surface area contributed by atoms with Gasteiger partial charge in [0.2, 0.25) is 0 Å². The first-order valence-corrected chi connectivity index (χ1v) is 9.51. The standard InChI is InChI=1S/C25H26/c1-3-6-19-11-14-25-23(15-19)17-22(20-12-9-18(2)10-13-20)16-21-7-4-5-8-24(21)25/h4-5,7-15,22H,3,6,16-17H2,1-2H3. The van der Waals surface area contributed by atoms with Crippen LogP contribution in [0, 0.1) is 6.92 Å². The highest BCUT2D eigenvalue weighted by Gasteiger charge is 2.22. The van der Waals surface area contributed by atoms with Crippen LogP contribution in [0.1, 0.15) is 47.1 Å². The molecule has 0 N–H and O–H groups in total. The maximum absolute atomic E-state index is 2.46. The Morgan fingerprint density at radius 2 is 1.52 bits per heavy atom. The summed E-state index contributed by atoms with van der Waals surface area (Å²) in [4.78, 5) is 0. The van der Waals surface area contributed by atoms with Crippen LogP contribution >= 0.6 is 0 Å². The van der Waals surface area contributed by atoms with Crippen molar-refractivity contribution in [2.45, 2.75) is 45.4 Å². The zero-order chi connectivity index (χ0) is 17.2. The molecule has 25 heavy (non-hydrogen) atoms. The monoisotopic (exact) mass is 326 g/mol. The summed E-state index contributed by atoms with van der Waals surface area (Å²) in [6, 6.07) is 25.3. The molecule has 0 saturated heterocycles. The SMILES string of the molecule is CCCc1ccc2c(c1)CC(c1ccc(C)cc1)Cc1ccccc1-2. The van der Waals surface area contributed by atoms with Crippen molar-refractivity contribution in [1.82, 2.24) is 0 Å². The van der Waals surface area contributed by atoms with E-state index in [1.807, 2.05) is 0 Å². The van der Waals surface area contributed by atoms with Crippen LogP contribution in [0.15, 0.2) is 66.7 Å². The van der Waals surface area contributed by atoms with E-state index in [0.717, 1.165) is 12.8 Å². The van der Waals surface area contributed by atoms with Gasteiger partial charge in [0.25, 0.3) is 0 Å². The van der Waals surface area contributed by atoms with Crippen molar-refractivity contribution in [2.24, 2.45) is 0 Å². The summed E-state index contributed by atoms with van der Waals surface area (Å²) in [5.74, 6) is 0.555. The van der Waals surface area contributed by atoms with Crippen molar-refractivity contribution in [2.75, 3.05) is 0 Å². The van der Waals surface area contributed by atoms with Crippen molar-refractivity contribution >= 4 is 0 Å². The number of fused-ring (bicyclic) bond motifs is 3. The average molecular weight is 326 g/mol. The van der Waals surface area contributed by atoms with E-state index >= 15 is 0 Å². The molecule has 126 valence electrons. The van der Waals surface area contributed by atoms with Gasteiger partial charge in [-0.15, -0.1) is 0 Å². The maximum atomic E-state index is 2.46. The zero-order valence-electron chi connectivity index (χ0n) is 15.3. The molecule has 0 spiro atoms. The lowest BCUT2D eigenvalue weighted by Gasteiger charge is -2.17. The molecule has 0 fully saturated rings. The Balaban J connectivity index is 1.82. The lowest BCUT2D eigenvalue weighted by atomic mass is 9.88. The van der Waals surface area contributed by atoms with E-state index in [0.29, 0.717) is 5.92 Å². The van der Waals surface area contributed by atoms with E-state index in [2.05, 4.69) is 80.6 Å². The number of aryl methyl sites for hydroxylation is 2. The largest absolute Gasteiger partial charge is 0.0651 e. The third-order valence-electron chi connectivity index (χ3n) is 5.50. The fourth-order valence-electron chi connectivity index (χ4n) is 4.16. The summed E-state index contributed by atoms with van der Waals surface area (Å²) in [6.45, 7) is 4.43. The minimum absolute atomic E-state index is 0.555. The first-order chi connectivity index (χ1) is 12.2. The van der Waals surface area contributed by atoms with Gasteiger partial charge in [-0.25, -0.2) is 0 Å². The second-order valence-corrected chi connectivity index (χ2v) is 7.41. The lowest BCUT2D eigenvalue weighted by Crippen LogP contribution is -2.05. The highest BCUT2D eigenvalue weighted by Crippen LogP contribution is 2.38. The van der Waals surface area contributed by atoms with Crippen molar-refractivity contribution < 1.29 is 0 Å². The van der Waals surface area contributed by atoms with Crippen LogP contribution in [0.3, 0.4) is 0 Å². The molecular weight excluding hydrogens is 300 g/mol. The molecule has 4 rings (SSSR count). The summed E-state index contributed by atoms with van der Waals surface area (Å²) in [5.41, 5.74) is 10.1. The first-order valence-electron chi connectivity index (χ1n) is 9.51. The van der Waals surface area contributed by atoms with Gasteiger partial charge in [0.05, 0.1) is 0 Å². The second kappa shape index (κ2) is 6.88. The Bertz CT molecular complexity index is 871. The molecule has 0 aliphatic heterocycles. The lowest BCUT2D eigenvalue weighted by molar-refractivity contribution is 0.688. The number of benzene rings is 3. The molecule has 0 bridgehead atoms. The highest BCUT2D eigenvalue weighted by molar-refractivity contribution is 5.72. The molecule has 3 aromatic carbocycles. The van der Waals surface area contributed by atoms with Crippen LogP contribution in [0.4, 0.5) is 0 Å². The minimum Gasteiger partial charge on any atom is -0.0651 e. The van der Waals surface area contributed by atoms with Crippen LogP contribution in [0.2, 0.25) is 0 Å². The zero-order valence-corrected chi connectivity index (χ0v) is 15.3. The molecule has 1 aliphatic rings. The van der Waals surface area contributed by atoms with Gasteiger partial charge in [0.15, 0.2) is 0 Å². The van der Waals surface area contributed by atoms with Gasteiger partial charge in [-0.2, -0.15) is 0 Å². The van der Waals surface area contributed by atoms with Crippen molar-refractivity contribution in [1.29, 1.82) is 0 Å². The van der Waals surface area contributed by atoms with E-state index in [1.165, 1.54) is 51.8 Å². The predicted octanol–water partition coefficient (Wildman–Crippen LogP) is 6.50. The minimum atomic E-state index is 0.555. The molecule has 0 nitrogen and oxygen atoms in total. The fourth-order valence-corrected chi connectivity index (χ4v) is 4.16. The third kappa shape index (κ3) is 3.26. The van der Waals surface area contributed by atoms with Crippen LogP contribution in [0.5, 0.6) is 0 Å². The molecule has 0 heterocycles. The Labute approximate surface area is 151 Å². The molecule has 0 aromatic heterocycles. The van der Waals surface area contributed by atoms with Crippen molar-refractivity contribution in [3.05, 3.63) is 94.5 Å². The van der Waals surface area contributed by atoms with Crippen LogP contribution < -0.4 is 0 Å². The van der Waals surface area contributed by atoms with E-state index in [4.69, 9.17) is 0 Å². The smallest absolute Gasteiger partial charge is 0.00806 e. The van der Waals surface area contributed by atoms with Gasteiger partial charge in [0.1, 0.15) is 0 Å². The molecule has 0 radical (unpaired) electrons. The number of hydrogen-bond acceptors (Lipinski definition) is 0. The molecular formula is C25H26. The molecule has 0 amide bonds. The summed E-state index contributed by atoms with van der Waals surface area (Å²) < 4.78 is 0. The van der Waals surface area contributed by atoms with Crippen LogP contribution in [0.25, 0.3) is 11.1 Å². The Kier molecular flexibility index (Phi) is 4.44. The number of hydrogen-bond donors (Lipinski definition) is 0. The molecule has 0 saturated carbocycles. The van der Waals surface area contributed by atoms with Crippen LogP contribution in [-0.2, 0) is 19.3 Å². The summed E-state index contributed by atoms with van der Waals surface area (Å²) in [7, 11) is 0. The average Bonchev–Trinajstić information content (AvgIpc) is 2.79. The quantitative estimate of drug-likeness (QED) is 0.515. The summed E-state index contributed by atoms with van der Waals surface area (Å²) in [6.07, 6.45) is 4.63. The maximum Gasteiger partial charge on any atom is -0.00806 e. The van der Waals surface area contributed by atoms with Gasteiger partial charge < -0.3 is 0 Å². The highest BCUT2D eigenvalue weighted by atomic mass is 14.3. The normalized spacial score (nSPS) is 16.0. The number of rotatable bonds is 3. The molecule has 1 atom stereocenters. The van der Waals surface area contributed by atoms with E-state index in [9.17, 15) is 0 Å².